The summed E-state index contributed by atoms with van der Waals surface area (Å²) in [6, 6.07) is 35.9. The second-order valence-corrected chi connectivity index (χ2v) is 13.3. The van der Waals surface area contributed by atoms with Crippen LogP contribution in [0.3, 0.4) is 0 Å². The van der Waals surface area contributed by atoms with Gasteiger partial charge in [-0.3, -0.25) is 9.80 Å². The predicted octanol–water partition coefficient (Wildman–Crippen LogP) is 9.08. The first kappa shape index (κ1) is 33.0. The summed E-state index contributed by atoms with van der Waals surface area (Å²) >= 11 is 0. The maximum Gasteiger partial charge on any atom is 0.410 e. The molecule has 0 aliphatic carbocycles. The Hall–Kier alpha value is -6.16. The standard InChI is InChI=1S/C42H40N6O4/c49-41(51-27-29-9-3-1-4-10-29)47-23-7-13-37(47)39-43-25-35(45-39)33-19-15-31(16-20-33)32-17-21-34(22-18-32)36-26-44-40(46-36)38-14-8-24-48(38)42(50)52-28-30-11-5-2-6-12-30/h1-6,9-12,15-22,25-26,37-38H,7-8,13-14,23-24,27-28H2,(H,43,45)(H,44,46)/t37-,38-/m1/s1. The van der Waals surface area contributed by atoms with Crippen LogP contribution in [0.15, 0.2) is 122 Å². The van der Waals surface area contributed by atoms with Crippen LogP contribution in [0, 0.1) is 0 Å². The van der Waals surface area contributed by atoms with Gasteiger partial charge in [0.15, 0.2) is 0 Å². The van der Waals surface area contributed by atoms with Gasteiger partial charge in [-0.25, -0.2) is 19.6 Å². The van der Waals surface area contributed by atoms with E-state index >= 15 is 0 Å². The number of nitrogens with zero attached hydrogens (tertiary/aromatic N) is 4. The van der Waals surface area contributed by atoms with E-state index in [2.05, 4.69) is 68.5 Å². The van der Waals surface area contributed by atoms with Crippen LogP contribution in [-0.2, 0) is 22.7 Å². The van der Waals surface area contributed by atoms with Crippen LogP contribution in [0.4, 0.5) is 9.59 Å². The van der Waals surface area contributed by atoms with Crippen LogP contribution in [0.1, 0.15) is 60.5 Å². The predicted molar refractivity (Wildman–Crippen MR) is 198 cm³/mol. The van der Waals surface area contributed by atoms with E-state index in [1.165, 1.54) is 0 Å². The molecule has 2 aliphatic heterocycles. The van der Waals surface area contributed by atoms with E-state index in [9.17, 15) is 9.59 Å². The first-order chi connectivity index (χ1) is 25.6. The molecule has 52 heavy (non-hydrogen) atoms. The van der Waals surface area contributed by atoms with Crippen molar-refractivity contribution in [1.29, 1.82) is 0 Å². The number of likely N-dealkylation sites (tertiary alicyclic amines) is 2. The zero-order chi connectivity index (χ0) is 35.3. The monoisotopic (exact) mass is 692 g/mol. The number of hydrogen-bond acceptors (Lipinski definition) is 6. The molecule has 2 saturated heterocycles. The van der Waals surface area contributed by atoms with Crippen molar-refractivity contribution in [1.82, 2.24) is 29.7 Å². The second kappa shape index (κ2) is 15.0. The lowest BCUT2D eigenvalue weighted by atomic mass is 10.0. The van der Waals surface area contributed by atoms with Gasteiger partial charge in [0.1, 0.15) is 24.9 Å². The van der Waals surface area contributed by atoms with Crippen LogP contribution in [-0.4, -0.2) is 55.0 Å². The molecule has 4 heterocycles. The largest absolute Gasteiger partial charge is 0.445 e. The molecule has 2 fully saturated rings. The molecule has 262 valence electrons. The molecule has 0 unspecified atom stereocenters. The first-order valence-corrected chi connectivity index (χ1v) is 17.8. The van der Waals surface area contributed by atoms with E-state index in [0.29, 0.717) is 13.1 Å². The van der Waals surface area contributed by atoms with Gasteiger partial charge in [0.05, 0.1) is 35.9 Å². The normalized spacial score (nSPS) is 17.0. The highest BCUT2D eigenvalue weighted by atomic mass is 16.6. The van der Waals surface area contributed by atoms with Crippen molar-refractivity contribution in [3.05, 3.63) is 144 Å². The summed E-state index contributed by atoms with van der Waals surface area (Å²) in [4.78, 5) is 45.7. The van der Waals surface area contributed by atoms with Gasteiger partial charge in [0.25, 0.3) is 0 Å². The summed E-state index contributed by atoms with van der Waals surface area (Å²) in [6.07, 6.45) is 6.53. The highest BCUT2D eigenvalue weighted by Crippen LogP contribution is 2.34. The minimum atomic E-state index is -0.315. The zero-order valence-electron chi connectivity index (χ0n) is 28.8. The quantitative estimate of drug-likeness (QED) is 0.156. The third-order valence-corrected chi connectivity index (χ3v) is 9.93. The average Bonchev–Trinajstić information content (AvgIpc) is 4.04. The Kier molecular flexibility index (Phi) is 9.51. The number of rotatable bonds is 9. The van der Waals surface area contributed by atoms with Gasteiger partial charge in [0.2, 0.25) is 0 Å². The van der Waals surface area contributed by atoms with Gasteiger partial charge < -0.3 is 19.4 Å². The van der Waals surface area contributed by atoms with Crippen LogP contribution < -0.4 is 0 Å². The van der Waals surface area contributed by atoms with Crippen molar-refractivity contribution >= 4 is 12.2 Å². The number of carbonyl (C=O) groups is 2. The van der Waals surface area contributed by atoms with Crippen LogP contribution >= 0.6 is 0 Å². The fourth-order valence-electron chi connectivity index (χ4n) is 7.13. The fraction of sp³-hybridized carbons (Fsp3) is 0.238. The maximum absolute atomic E-state index is 12.9. The van der Waals surface area contributed by atoms with Crippen molar-refractivity contribution in [2.45, 2.75) is 51.0 Å². The Morgan fingerprint density at radius 2 is 0.942 bits per heavy atom. The lowest BCUT2D eigenvalue weighted by Crippen LogP contribution is -2.31. The molecule has 4 aromatic carbocycles. The lowest BCUT2D eigenvalue weighted by molar-refractivity contribution is 0.0903. The molecule has 10 nitrogen and oxygen atoms in total. The second-order valence-electron chi connectivity index (χ2n) is 13.3. The lowest BCUT2D eigenvalue weighted by Gasteiger charge is -2.22. The van der Waals surface area contributed by atoms with Gasteiger partial charge >= 0.3 is 12.2 Å². The number of amides is 2. The minimum Gasteiger partial charge on any atom is -0.445 e. The molecule has 10 heteroatoms. The van der Waals surface area contributed by atoms with Gasteiger partial charge in [-0.1, -0.05) is 109 Å². The third kappa shape index (κ3) is 7.18. The molecule has 2 aromatic heterocycles. The molecule has 0 radical (unpaired) electrons. The van der Waals surface area contributed by atoms with Crippen LogP contribution in [0.5, 0.6) is 0 Å². The highest BCUT2D eigenvalue weighted by Gasteiger charge is 2.34. The van der Waals surface area contributed by atoms with E-state index in [1.54, 1.807) is 9.80 Å². The first-order valence-electron chi connectivity index (χ1n) is 17.8. The summed E-state index contributed by atoms with van der Waals surface area (Å²) < 4.78 is 11.2. The Balaban J connectivity index is 0.884. The molecule has 0 spiro atoms. The summed E-state index contributed by atoms with van der Waals surface area (Å²) in [5, 5.41) is 0. The minimum absolute atomic E-state index is 0.140. The Labute approximate surface area is 302 Å². The van der Waals surface area contributed by atoms with Crippen molar-refractivity contribution in [2.75, 3.05) is 13.1 Å². The van der Waals surface area contributed by atoms with E-state index in [0.717, 1.165) is 82.1 Å². The van der Waals surface area contributed by atoms with E-state index in [-0.39, 0.29) is 37.5 Å². The molecular weight excluding hydrogens is 652 g/mol. The maximum atomic E-state index is 12.9. The molecule has 2 N–H and O–H groups in total. The average molecular weight is 693 g/mol. The number of H-pyrrole nitrogens is 2. The van der Waals surface area contributed by atoms with Crippen LogP contribution in [0.2, 0.25) is 0 Å². The number of ether oxygens (including phenoxy) is 2. The summed E-state index contributed by atoms with van der Waals surface area (Å²) in [7, 11) is 0. The van der Waals surface area contributed by atoms with Crippen molar-refractivity contribution in [2.24, 2.45) is 0 Å². The molecule has 0 bridgehead atoms. The highest BCUT2D eigenvalue weighted by molar-refractivity contribution is 5.72. The SMILES string of the molecule is O=C(OCc1ccccc1)N1CCC[C@@H]1c1ncc(-c2ccc(-c3ccc(-c4cnc([C@H]5CCCN5C(=O)OCc5ccccc5)[nH]4)cc3)cc2)[nH]1. The van der Waals surface area contributed by atoms with Gasteiger partial charge in [0, 0.05) is 13.1 Å². The van der Waals surface area contributed by atoms with Gasteiger partial charge in [-0.05, 0) is 59.1 Å². The van der Waals surface area contributed by atoms with Gasteiger partial charge in [-0.15, -0.1) is 0 Å². The Morgan fingerprint density at radius 1 is 0.558 bits per heavy atom. The van der Waals surface area contributed by atoms with Crippen LogP contribution in [0.25, 0.3) is 33.6 Å². The molecule has 2 aliphatic rings. The van der Waals surface area contributed by atoms with E-state index in [1.807, 2.05) is 73.1 Å². The van der Waals surface area contributed by atoms with Gasteiger partial charge in [-0.2, -0.15) is 0 Å². The van der Waals surface area contributed by atoms with Crippen molar-refractivity contribution < 1.29 is 19.1 Å². The zero-order valence-corrected chi connectivity index (χ0v) is 28.8. The summed E-state index contributed by atoms with van der Waals surface area (Å²) in [5.74, 6) is 1.55. The number of benzene rings is 4. The smallest absolute Gasteiger partial charge is 0.410 e. The number of hydrogen-bond donors (Lipinski definition) is 2. The number of aromatic nitrogens is 4. The topological polar surface area (TPSA) is 116 Å². The molecule has 8 rings (SSSR count). The number of imidazole rings is 2. The summed E-state index contributed by atoms with van der Waals surface area (Å²) in [5.41, 5.74) is 7.97. The number of nitrogens with one attached hydrogen (secondary N) is 2. The number of carbonyl (C=O) groups excluding carboxylic acids is 2. The number of aromatic amines is 2. The fourth-order valence-corrected chi connectivity index (χ4v) is 7.13. The molecule has 2 atom stereocenters. The molecule has 6 aromatic rings. The van der Waals surface area contributed by atoms with Crippen molar-refractivity contribution in [3.63, 3.8) is 0 Å². The van der Waals surface area contributed by atoms with E-state index < -0.39 is 0 Å². The molecule has 2 amide bonds. The Bertz CT molecular complexity index is 1960. The summed E-state index contributed by atoms with van der Waals surface area (Å²) in [6.45, 7) is 1.80. The Morgan fingerprint density at radius 3 is 1.35 bits per heavy atom. The molecule has 0 saturated carbocycles. The third-order valence-electron chi connectivity index (χ3n) is 9.93. The van der Waals surface area contributed by atoms with Crippen molar-refractivity contribution in [3.8, 4) is 33.6 Å². The molecular formula is C42H40N6O4. The van der Waals surface area contributed by atoms with E-state index in [4.69, 9.17) is 9.47 Å².